The summed E-state index contributed by atoms with van der Waals surface area (Å²) in [6, 6.07) is 21.7. The van der Waals surface area contributed by atoms with E-state index in [1.165, 1.54) is 0 Å². The Kier molecular flexibility index (Phi) is 7.70. The molecule has 3 aromatic rings. The van der Waals surface area contributed by atoms with Crippen LogP contribution >= 0.6 is 0 Å². The topological polar surface area (TPSA) is 79.9 Å². The summed E-state index contributed by atoms with van der Waals surface area (Å²) in [6.45, 7) is 2.53. The largest absolute Gasteiger partial charge is 0.497 e. The van der Waals surface area contributed by atoms with Crippen LogP contribution in [0.25, 0.3) is 0 Å². The van der Waals surface area contributed by atoms with Crippen LogP contribution in [0.1, 0.15) is 17.3 Å². The van der Waals surface area contributed by atoms with E-state index in [2.05, 4.69) is 10.6 Å². The molecular weight excluding hydrogens is 406 g/mol. The maximum absolute atomic E-state index is 12.9. The second-order valence-electron chi connectivity index (χ2n) is 6.93. The lowest BCUT2D eigenvalue weighted by Gasteiger charge is -2.21. The Labute approximate surface area is 188 Å². The smallest absolute Gasteiger partial charge is 0.258 e. The van der Waals surface area contributed by atoms with Crippen molar-refractivity contribution >= 4 is 28.9 Å². The standard InChI is InChI=1S/C25H27N3O4/c1-4-28(20-8-6-5-7-9-20)25(30)18-10-12-19(13-11-18)27-24(29)17-26-22-16-21(31-2)14-15-23(22)32-3/h5-16,26H,4,17H2,1-3H3,(H,27,29). The van der Waals surface area contributed by atoms with Gasteiger partial charge in [-0.3, -0.25) is 9.59 Å². The van der Waals surface area contributed by atoms with Gasteiger partial charge in [-0.1, -0.05) is 18.2 Å². The van der Waals surface area contributed by atoms with Crippen LogP contribution in [0, 0.1) is 0 Å². The Balaban J connectivity index is 1.61. The fourth-order valence-electron chi connectivity index (χ4n) is 3.24. The highest BCUT2D eigenvalue weighted by Crippen LogP contribution is 2.28. The Morgan fingerprint density at radius 1 is 0.906 bits per heavy atom. The second-order valence-corrected chi connectivity index (χ2v) is 6.93. The molecule has 0 unspecified atom stereocenters. The number of hydrogen-bond acceptors (Lipinski definition) is 5. The fourth-order valence-corrected chi connectivity index (χ4v) is 3.24. The Hall–Kier alpha value is -4.00. The van der Waals surface area contributed by atoms with Crippen molar-refractivity contribution < 1.29 is 19.1 Å². The zero-order valence-corrected chi connectivity index (χ0v) is 18.4. The molecule has 7 nitrogen and oxygen atoms in total. The molecule has 32 heavy (non-hydrogen) atoms. The van der Waals surface area contributed by atoms with Crippen molar-refractivity contribution in [2.75, 3.05) is 42.8 Å². The number of hydrogen-bond donors (Lipinski definition) is 2. The number of ether oxygens (including phenoxy) is 2. The molecule has 0 fully saturated rings. The summed E-state index contributed by atoms with van der Waals surface area (Å²) in [5.41, 5.74) is 2.65. The Morgan fingerprint density at radius 3 is 2.25 bits per heavy atom. The van der Waals surface area contributed by atoms with Crippen LogP contribution in [0.3, 0.4) is 0 Å². The molecule has 0 spiro atoms. The highest BCUT2D eigenvalue weighted by atomic mass is 16.5. The van der Waals surface area contributed by atoms with Crippen LogP contribution in [0.4, 0.5) is 17.1 Å². The van der Waals surface area contributed by atoms with E-state index in [0.717, 1.165) is 5.69 Å². The Bertz CT molecular complexity index is 1050. The van der Waals surface area contributed by atoms with Crippen LogP contribution in [0.5, 0.6) is 11.5 Å². The second kappa shape index (κ2) is 10.9. The molecule has 0 saturated carbocycles. The molecule has 2 amide bonds. The molecule has 0 bridgehead atoms. The molecule has 0 radical (unpaired) electrons. The van der Waals surface area contributed by atoms with Gasteiger partial charge in [0.15, 0.2) is 0 Å². The number of carbonyl (C=O) groups is 2. The monoisotopic (exact) mass is 433 g/mol. The summed E-state index contributed by atoms with van der Waals surface area (Å²) in [6.07, 6.45) is 0. The highest BCUT2D eigenvalue weighted by Gasteiger charge is 2.16. The van der Waals surface area contributed by atoms with Crippen LogP contribution in [-0.4, -0.2) is 39.1 Å². The Morgan fingerprint density at radius 2 is 1.62 bits per heavy atom. The third kappa shape index (κ3) is 5.57. The number of para-hydroxylation sites is 1. The minimum atomic E-state index is -0.228. The molecule has 2 N–H and O–H groups in total. The maximum atomic E-state index is 12.9. The number of methoxy groups -OCH3 is 2. The molecule has 0 aliphatic rings. The first-order chi connectivity index (χ1) is 15.5. The van der Waals surface area contributed by atoms with Crippen molar-refractivity contribution in [3.8, 4) is 11.5 Å². The lowest BCUT2D eigenvalue weighted by atomic mass is 10.1. The van der Waals surface area contributed by atoms with Gasteiger partial charge in [-0.15, -0.1) is 0 Å². The van der Waals surface area contributed by atoms with Gasteiger partial charge in [0.2, 0.25) is 5.91 Å². The first-order valence-corrected chi connectivity index (χ1v) is 10.3. The quantitative estimate of drug-likeness (QED) is 0.522. The number of benzene rings is 3. The van der Waals surface area contributed by atoms with E-state index in [1.54, 1.807) is 61.6 Å². The summed E-state index contributed by atoms with van der Waals surface area (Å²) in [7, 11) is 3.14. The molecule has 0 atom stereocenters. The van der Waals surface area contributed by atoms with Gasteiger partial charge in [-0.05, 0) is 55.5 Å². The fraction of sp³-hybridized carbons (Fsp3) is 0.200. The van der Waals surface area contributed by atoms with Crippen LogP contribution in [0.15, 0.2) is 72.8 Å². The average Bonchev–Trinajstić information content (AvgIpc) is 2.84. The zero-order valence-electron chi connectivity index (χ0n) is 18.4. The van der Waals surface area contributed by atoms with Crippen molar-refractivity contribution in [3.05, 3.63) is 78.4 Å². The van der Waals surface area contributed by atoms with Crippen molar-refractivity contribution in [3.63, 3.8) is 0 Å². The van der Waals surface area contributed by atoms with Gasteiger partial charge in [0.25, 0.3) is 5.91 Å². The molecule has 0 aliphatic carbocycles. The van der Waals surface area contributed by atoms with Crippen LogP contribution in [0.2, 0.25) is 0 Å². The molecule has 166 valence electrons. The van der Waals surface area contributed by atoms with Gasteiger partial charge in [0.1, 0.15) is 11.5 Å². The predicted molar refractivity (Wildman–Crippen MR) is 127 cm³/mol. The molecule has 3 rings (SSSR count). The molecule has 0 aromatic heterocycles. The first kappa shape index (κ1) is 22.7. The molecular formula is C25H27N3O4. The summed E-state index contributed by atoms with van der Waals surface area (Å²) in [5, 5.41) is 5.87. The average molecular weight is 434 g/mol. The lowest BCUT2D eigenvalue weighted by molar-refractivity contribution is -0.114. The van der Waals surface area contributed by atoms with Gasteiger partial charge in [0.05, 0.1) is 26.5 Å². The number of anilines is 3. The van der Waals surface area contributed by atoms with E-state index in [4.69, 9.17) is 9.47 Å². The summed E-state index contributed by atoms with van der Waals surface area (Å²) < 4.78 is 10.5. The zero-order chi connectivity index (χ0) is 22.9. The van der Waals surface area contributed by atoms with Crippen LogP contribution < -0.4 is 25.0 Å². The third-order valence-electron chi connectivity index (χ3n) is 4.89. The van der Waals surface area contributed by atoms with Gasteiger partial charge < -0.3 is 25.0 Å². The SMILES string of the molecule is CCN(C(=O)c1ccc(NC(=O)CNc2cc(OC)ccc2OC)cc1)c1ccccc1. The molecule has 0 saturated heterocycles. The van der Waals surface area contributed by atoms with Gasteiger partial charge in [-0.2, -0.15) is 0 Å². The molecule has 3 aromatic carbocycles. The van der Waals surface area contributed by atoms with E-state index < -0.39 is 0 Å². The van der Waals surface area contributed by atoms with Crippen molar-refractivity contribution in [1.29, 1.82) is 0 Å². The predicted octanol–water partition coefficient (Wildman–Crippen LogP) is 4.42. The normalized spacial score (nSPS) is 10.2. The van der Waals surface area contributed by atoms with E-state index in [-0.39, 0.29) is 18.4 Å². The van der Waals surface area contributed by atoms with E-state index in [1.807, 2.05) is 37.3 Å². The summed E-state index contributed by atoms with van der Waals surface area (Å²) in [4.78, 5) is 27.0. The number of nitrogens with one attached hydrogen (secondary N) is 2. The lowest BCUT2D eigenvalue weighted by Crippen LogP contribution is -2.30. The number of nitrogens with zero attached hydrogens (tertiary/aromatic N) is 1. The van der Waals surface area contributed by atoms with E-state index in [9.17, 15) is 9.59 Å². The van der Waals surface area contributed by atoms with E-state index >= 15 is 0 Å². The minimum absolute atomic E-state index is 0.0435. The number of amides is 2. The van der Waals surface area contributed by atoms with Crippen molar-refractivity contribution in [2.45, 2.75) is 6.92 Å². The number of carbonyl (C=O) groups excluding carboxylic acids is 2. The molecule has 7 heteroatoms. The number of rotatable bonds is 9. The van der Waals surface area contributed by atoms with Crippen LogP contribution in [-0.2, 0) is 4.79 Å². The van der Waals surface area contributed by atoms with Gasteiger partial charge in [0, 0.05) is 29.5 Å². The highest BCUT2D eigenvalue weighted by molar-refractivity contribution is 6.06. The van der Waals surface area contributed by atoms with Crippen molar-refractivity contribution in [2.24, 2.45) is 0 Å². The maximum Gasteiger partial charge on any atom is 0.258 e. The third-order valence-corrected chi connectivity index (χ3v) is 4.89. The molecule has 0 aliphatic heterocycles. The van der Waals surface area contributed by atoms with Crippen molar-refractivity contribution in [1.82, 2.24) is 0 Å². The minimum Gasteiger partial charge on any atom is -0.497 e. The first-order valence-electron chi connectivity index (χ1n) is 10.3. The summed E-state index contributed by atoms with van der Waals surface area (Å²) in [5.74, 6) is 0.947. The van der Waals surface area contributed by atoms with Gasteiger partial charge >= 0.3 is 0 Å². The summed E-state index contributed by atoms with van der Waals surface area (Å²) >= 11 is 0. The molecule has 0 heterocycles. The van der Waals surface area contributed by atoms with E-state index in [0.29, 0.717) is 35.0 Å². The van der Waals surface area contributed by atoms with Gasteiger partial charge in [-0.25, -0.2) is 0 Å².